The number of likely N-dealkylation sites (N-methyl/N-ethyl adjacent to an activating group) is 1. The van der Waals surface area contributed by atoms with Crippen molar-refractivity contribution in [2.45, 2.75) is 38.3 Å². The monoisotopic (exact) mass is 304 g/mol. The second kappa shape index (κ2) is 7.83. The fraction of sp³-hybridized carbons (Fsp3) is 0.923. The summed E-state index contributed by atoms with van der Waals surface area (Å²) >= 11 is 0. The first-order chi connectivity index (χ1) is 9.31. The predicted molar refractivity (Wildman–Crippen MR) is 83.9 cm³/mol. The zero-order chi connectivity index (χ0) is 15.2. The molecule has 20 heavy (non-hydrogen) atoms. The molecule has 1 fully saturated rings. The van der Waals surface area contributed by atoms with Crippen LogP contribution in [0.4, 0.5) is 0 Å². The van der Waals surface area contributed by atoms with Crippen LogP contribution < -0.4 is 10.6 Å². The van der Waals surface area contributed by atoms with Crippen molar-refractivity contribution in [3.8, 4) is 0 Å². The number of hydrogen-bond acceptors (Lipinski definition) is 4. The topological polar surface area (TPSA) is 73.8 Å². The van der Waals surface area contributed by atoms with Crippen LogP contribution in [0.5, 0.6) is 0 Å². The lowest BCUT2D eigenvalue weighted by molar-refractivity contribution is 0.309. The second-order valence-corrected chi connectivity index (χ2v) is 7.95. The molecule has 1 saturated heterocycles. The first-order valence-electron chi connectivity index (χ1n) is 7.17. The van der Waals surface area contributed by atoms with Gasteiger partial charge >= 0.3 is 0 Å². The maximum atomic E-state index is 11.1. The molecule has 7 heteroatoms. The van der Waals surface area contributed by atoms with Gasteiger partial charge < -0.3 is 15.5 Å². The van der Waals surface area contributed by atoms with E-state index in [0.29, 0.717) is 12.5 Å². The Morgan fingerprint density at radius 1 is 1.50 bits per heavy atom. The average Bonchev–Trinajstić information content (AvgIpc) is 2.77. The van der Waals surface area contributed by atoms with Gasteiger partial charge in [0.1, 0.15) is 9.84 Å². The second-order valence-electron chi connectivity index (χ2n) is 5.69. The van der Waals surface area contributed by atoms with Crippen LogP contribution in [0.25, 0.3) is 0 Å². The Morgan fingerprint density at radius 2 is 2.20 bits per heavy atom. The highest BCUT2D eigenvalue weighted by Crippen LogP contribution is 2.13. The lowest BCUT2D eigenvalue weighted by Crippen LogP contribution is -2.46. The molecule has 1 aliphatic rings. The molecule has 0 spiro atoms. The summed E-state index contributed by atoms with van der Waals surface area (Å²) in [5.41, 5.74) is 0. The molecule has 2 N–H and O–H groups in total. The van der Waals surface area contributed by atoms with Gasteiger partial charge in [0.25, 0.3) is 0 Å². The van der Waals surface area contributed by atoms with E-state index in [2.05, 4.69) is 27.6 Å². The van der Waals surface area contributed by atoms with Crippen LogP contribution in [0.15, 0.2) is 4.99 Å². The standard InChI is InChI=1S/C13H28N4O2S/c1-11(7-9-20(4,18)19)16-13(14-2)15-10-12-6-5-8-17(12)3/h11-12H,5-10H2,1-4H3,(H2,14,15,16). The molecule has 0 aromatic carbocycles. The van der Waals surface area contributed by atoms with E-state index in [-0.39, 0.29) is 11.8 Å². The molecule has 1 aliphatic heterocycles. The highest BCUT2D eigenvalue weighted by molar-refractivity contribution is 7.90. The van der Waals surface area contributed by atoms with Gasteiger partial charge in [0.2, 0.25) is 0 Å². The van der Waals surface area contributed by atoms with E-state index in [0.717, 1.165) is 19.0 Å². The van der Waals surface area contributed by atoms with Crippen molar-refractivity contribution in [2.24, 2.45) is 4.99 Å². The third kappa shape index (κ3) is 6.56. The first-order valence-corrected chi connectivity index (χ1v) is 9.23. The van der Waals surface area contributed by atoms with E-state index in [9.17, 15) is 8.42 Å². The number of hydrogen-bond donors (Lipinski definition) is 2. The Kier molecular flexibility index (Phi) is 6.75. The van der Waals surface area contributed by atoms with Crippen molar-refractivity contribution in [1.82, 2.24) is 15.5 Å². The molecule has 1 rings (SSSR count). The van der Waals surface area contributed by atoms with Crippen molar-refractivity contribution in [1.29, 1.82) is 0 Å². The minimum absolute atomic E-state index is 0.0808. The summed E-state index contributed by atoms with van der Waals surface area (Å²) in [5, 5.41) is 6.55. The van der Waals surface area contributed by atoms with E-state index < -0.39 is 9.84 Å². The van der Waals surface area contributed by atoms with Gasteiger partial charge in [0.05, 0.1) is 5.75 Å². The van der Waals surface area contributed by atoms with Crippen LogP contribution >= 0.6 is 0 Å². The summed E-state index contributed by atoms with van der Waals surface area (Å²) in [6, 6.07) is 0.636. The summed E-state index contributed by atoms with van der Waals surface area (Å²) < 4.78 is 22.3. The molecule has 118 valence electrons. The molecule has 6 nitrogen and oxygen atoms in total. The fourth-order valence-electron chi connectivity index (χ4n) is 2.34. The highest BCUT2D eigenvalue weighted by atomic mass is 32.2. The number of nitrogens with one attached hydrogen (secondary N) is 2. The number of likely N-dealkylation sites (tertiary alicyclic amines) is 1. The van der Waals surface area contributed by atoms with E-state index in [1.54, 1.807) is 7.05 Å². The minimum atomic E-state index is -2.90. The van der Waals surface area contributed by atoms with Crippen molar-refractivity contribution >= 4 is 15.8 Å². The Balaban J connectivity index is 2.32. The Hall–Kier alpha value is -0.820. The van der Waals surface area contributed by atoms with Gasteiger partial charge in [-0.25, -0.2) is 8.42 Å². The quantitative estimate of drug-likeness (QED) is 0.536. The van der Waals surface area contributed by atoms with E-state index in [1.165, 1.54) is 19.1 Å². The van der Waals surface area contributed by atoms with Crippen LogP contribution in [0, 0.1) is 0 Å². The first kappa shape index (κ1) is 17.2. The molecule has 0 aliphatic carbocycles. The zero-order valence-electron chi connectivity index (χ0n) is 13.0. The van der Waals surface area contributed by atoms with E-state index in [4.69, 9.17) is 0 Å². The summed E-state index contributed by atoms with van der Waals surface area (Å²) in [6.07, 6.45) is 4.31. The van der Waals surface area contributed by atoms with Crippen molar-refractivity contribution in [2.75, 3.05) is 39.2 Å². The van der Waals surface area contributed by atoms with Crippen LogP contribution in [-0.4, -0.2) is 70.6 Å². The average molecular weight is 304 g/mol. The predicted octanol–water partition coefficient (Wildman–Crippen LogP) is 0.0688. The van der Waals surface area contributed by atoms with Gasteiger partial charge in [0.15, 0.2) is 5.96 Å². The Morgan fingerprint density at radius 3 is 2.70 bits per heavy atom. The fourth-order valence-corrected chi connectivity index (χ4v) is 3.12. The van der Waals surface area contributed by atoms with Crippen LogP contribution in [0.1, 0.15) is 26.2 Å². The minimum Gasteiger partial charge on any atom is -0.355 e. The van der Waals surface area contributed by atoms with Crippen LogP contribution in [0.3, 0.4) is 0 Å². The molecule has 0 amide bonds. The molecule has 2 unspecified atom stereocenters. The normalized spacial score (nSPS) is 22.8. The van der Waals surface area contributed by atoms with E-state index >= 15 is 0 Å². The van der Waals surface area contributed by atoms with Crippen LogP contribution in [0.2, 0.25) is 0 Å². The Labute approximate surface area is 122 Å². The zero-order valence-corrected chi connectivity index (χ0v) is 13.8. The maximum absolute atomic E-state index is 11.1. The van der Waals surface area contributed by atoms with Gasteiger partial charge in [0, 0.05) is 31.9 Å². The molecule has 1 heterocycles. The molecule has 0 aromatic rings. The third-order valence-corrected chi connectivity index (χ3v) is 4.68. The number of guanidine groups is 1. The van der Waals surface area contributed by atoms with Crippen molar-refractivity contribution in [3.05, 3.63) is 0 Å². The molecule has 0 radical (unpaired) electrons. The number of rotatable bonds is 6. The summed E-state index contributed by atoms with van der Waals surface area (Å²) in [7, 11) is 0.975. The van der Waals surface area contributed by atoms with Crippen molar-refractivity contribution < 1.29 is 8.42 Å². The van der Waals surface area contributed by atoms with Crippen LogP contribution in [-0.2, 0) is 9.84 Å². The summed E-state index contributed by atoms with van der Waals surface area (Å²) in [4.78, 5) is 6.54. The lowest BCUT2D eigenvalue weighted by atomic mass is 10.2. The van der Waals surface area contributed by atoms with Gasteiger partial charge in [-0.15, -0.1) is 0 Å². The molecule has 2 atom stereocenters. The smallest absolute Gasteiger partial charge is 0.191 e. The largest absolute Gasteiger partial charge is 0.355 e. The van der Waals surface area contributed by atoms with Gasteiger partial charge in [-0.1, -0.05) is 0 Å². The summed E-state index contributed by atoms with van der Waals surface area (Å²) in [5.74, 6) is 0.940. The third-order valence-electron chi connectivity index (χ3n) is 3.71. The molecule has 0 aromatic heterocycles. The lowest BCUT2D eigenvalue weighted by Gasteiger charge is -2.23. The molecular weight excluding hydrogens is 276 g/mol. The summed E-state index contributed by atoms with van der Waals surface area (Å²) in [6.45, 7) is 4.00. The SMILES string of the molecule is CN=C(NCC1CCCN1C)NC(C)CCS(C)(=O)=O. The molecule has 0 bridgehead atoms. The molecular formula is C13H28N4O2S. The maximum Gasteiger partial charge on any atom is 0.191 e. The van der Waals surface area contributed by atoms with Gasteiger partial charge in [-0.2, -0.15) is 0 Å². The number of sulfone groups is 1. The number of nitrogens with zero attached hydrogens (tertiary/aromatic N) is 2. The van der Waals surface area contributed by atoms with Gasteiger partial charge in [-0.3, -0.25) is 4.99 Å². The molecule has 0 saturated carbocycles. The van der Waals surface area contributed by atoms with Gasteiger partial charge in [-0.05, 0) is 39.8 Å². The Bertz CT molecular complexity index is 422. The van der Waals surface area contributed by atoms with Crippen molar-refractivity contribution in [3.63, 3.8) is 0 Å². The highest BCUT2D eigenvalue weighted by Gasteiger charge is 2.20. The number of aliphatic imine (C=N–C) groups is 1. The van der Waals surface area contributed by atoms with E-state index in [1.807, 2.05) is 6.92 Å².